The van der Waals surface area contributed by atoms with Gasteiger partial charge >= 0.3 is 5.97 Å². The predicted molar refractivity (Wildman–Crippen MR) is 79.7 cm³/mol. The molecule has 4 nitrogen and oxygen atoms in total. The zero-order chi connectivity index (χ0) is 15.7. The summed E-state index contributed by atoms with van der Waals surface area (Å²) in [4.78, 5) is 10.9. The third-order valence-corrected chi connectivity index (χ3v) is 5.43. The number of carboxylic acids is 1. The maximum Gasteiger partial charge on any atom is 0.335 e. The van der Waals surface area contributed by atoms with Gasteiger partial charge in [-0.1, -0.05) is 47.8 Å². The Balaban J connectivity index is 3.76. The molecule has 1 aromatic carbocycles. The predicted octanol–water partition coefficient (Wildman–Crippen LogP) is 3.70. The first-order valence-electron chi connectivity index (χ1n) is 5.69. The third-order valence-electron chi connectivity index (χ3n) is 2.73. The molecular weight excluding hydrogens is 347 g/mol. The summed E-state index contributed by atoms with van der Waals surface area (Å²) < 4.78 is 22.7. The highest BCUT2D eigenvalue weighted by Gasteiger charge is 2.33. The summed E-state index contributed by atoms with van der Waals surface area (Å²) in [6.45, 7) is 3.09. The summed E-state index contributed by atoms with van der Waals surface area (Å²) >= 11 is 17.4. The summed E-state index contributed by atoms with van der Waals surface area (Å²) in [5.41, 5.74) is -0.0779. The number of benzene rings is 1. The summed E-state index contributed by atoms with van der Waals surface area (Å²) in [6, 6.07) is 2.46. The number of rotatable bonds is 4. The van der Waals surface area contributed by atoms with Crippen LogP contribution < -0.4 is 0 Å². The maximum absolute atomic E-state index is 12.3. The van der Waals surface area contributed by atoms with Crippen molar-refractivity contribution in [1.82, 2.24) is 0 Å². The lowest BCUT2D eigenvalue weighted by Gasteiger charge is -2.19. The van der Waals surface area contributed by atoms with Crippen LogP contribution in [0.5, 0.6) is 0 Å². The van der Waals surface area contributed by atoms with E-state index in [-0.39, 0.29) is 27.3 Å². The lowest BCUT2D eigenvalue weighted by atomic mass is 10.1. The molecule has 0 aliphatic carbocycles. The molecule has 112 valence electrons. The molecule has 0 aliphatic rings. The van der Waals surface area contributed by atoms with Gasteiger partial charge < -0.3 is 5.11 Å². The van der Waals surface area contributed by atoms with Gasteiger partial charge in [-0.3, -0.25) is 0 Å². The molecule has 1 rings (SSSR count). The SMILES string of the molecule is CCCS(=O)(=O)c1c(C(Cl)(Cl)Cl)ccc(C(=O)O)c1C. The fourth-order valence-electron chi connectivity index (χ4n) is 1.92. The van der Waals surface area contributed by atoms with Gasteiger partial charge in [0.15, 0.2) is 9.84 Å². The molecule has 1 aromatic rings. The highest BCUT2D eigenvalue weighted by molar-refractivity contribution is 7.91. The highest BCUT2D eigenvalue weighted by atomic mass is 35.6. The molecule has 0 aromatic heterocycles. The van der Waals surface area contributed by atoms with Gasteiger partial charge in [0.05, 0.1) is 16.2 Å². The van der Waals surface area contributed by atoms with Crippen molar-refractivity contribution in [3.63, 3.8) is 0 Å². The van der Waals surface area contributed by atoms with Crippen LogP contribution in [0.3, 0.4) is 0 Å². The van der Waals surface area contributed by atoms with Gasteiger partial charge in [-0.15, -0.1) is 0 Å². The van der Waals surface area contributed by atoms with Crippen molar-refractivity contribution in [3.05, 3.63) is 28.8 Å². The number of carbonyl (C=O) groups is 1. The van der Waals surface area contributed by atoms with E-state index >= 15 is 0 Å². The first-order chi connectivity index (χ1) is 9.02. The Morgan fingerprint density at radius 1 is 1.30 bits per heavy atom. The topological polar surface area (TPSA) is 71.4 Å². The van der Waals surface area contributed by atoms with E-state index in [1.165, 1.54) is 19.1 Å². The molecule has 0 atom stereocenters. The second-order valence-electron chi connectivity index (χ2n) is 4.24. The number of carboxylic acid groups (broad SMARTS) is 1. The Morgan fingerprint density at radius 2 is 1.85 bits per heavy atom. The molecule has 20 heavy (non-hydrogen) atoms. The molecule has 0 amide bonds. The monoisotopic (exact) mass is 358 g/mol. The van der Waals surface area contributed by atoms with Crippen LogP contribution in [-0.2, 0) is 13.6 Å². The fourth-order valence-corrected chi connectivity index (χ4v) is 4.43. The lowest BCUT2D eigenvalue weighted by molar-refractivity contribution is 0.0696. The molecule has 0 spiro atoms. The third kappa shape index (κ3) is 3.58. The molecule has 0 radical (unpaired) electrons. The van der Waals surface area contributed by atoms with Gasteiger partial charge in [0.1, 0.15) is 0 Å². The highest BCUT2D eigenvalue weighted by Crippen LogP contribution is 2.43. The van der Waals surface area contributed by atoms with Crippen LogP contribution in [0, 0.1) is 6.92 Å². The average Bonchev–Trinajstić information content (AvgIpc) is 2.26. The first-order valence-corrected chi connectivity index (χ1v) is 8.47. The molecule has 0 saturated carbocycles. The minimum Gasteiger partial charge on any atom is -0.478 e. The Labute approximate surface area is 132 Å². The normalized spacial score (nSPS) is 12.4. The van der Waals surface area contributed by atoms with E-state index < -0.39 is 19.6 Å². The minimum atomic E-state index is -3.73. The number of halogens is 3. The van der Waals surface area contributed by atoms with Crippen molar-refractivity contribution in [3.8, 4) is 0 Å². The zero-order valence-corrected chi connectivity index (χ0v) is 13.9. The van der Waals surface area contributed by atoms with Crippen LogP contribution in [-0.4, -0.2) is 25.2 Å². The van der Waals surface area contributed by atoms with Gasteiger partial charge in [-0.05, 0) is 25.0 Å². The molecule has 0 aliphatic heterocycles. The van der Waals surface area contributed by atoms with E-state index in [1.54, 1.807) is 6.92 Å². The van der Waals surface area contributed by atoms with Crippen molar-refractivity contribution in [2.75, 3.05) is 5.75 Å². The van der Waals surface area contributed by atoms with Crippen molar-refractivity contribution in [1.29, 1.82) is 0 Å². The maximum atomic E-state index is 12.3. The molecule has 0 saturated heterocycles. The lowest BCUT2D eigenvalue weighted by Crippen LogP contribution is -2.17. The molecule has 0 bridgehead atoms. The number of aromatic carboxylic acids is 1. The van der Waals surface area contributed by atoms with Crippen molar-refractivity contribution < 1.29 is 18.3 Å². The fraction of sp³-hybridized carbons (Fsp3) is 0.417. The summed E-state index contributed by atoms with van der Waals surface area (Å²) in [5, 5.41) is 9.09. The Hall–Kier alpha value is -0.490. The standard InChI is InChI=1S/C12H13Cl3O4S/c1-3-6-20(18,19)10-7(2)8(11(16)17)4-5-9(10)12(13,14)15/h4-5H,3,6H2,1-2H3,(H,16,17). The van der Waals surface area contributed by atoms with E-state index in [0.717, 1.165) is 0 Å². The van der Waals surface area contributed by atoms with E-state index in [2.05, 4.69) is 0 Å². The second kappa shape index (κ2) is 6.10. The van der Waals surface area contributed by atoms with Gasteiger partial charge in [0.2, 0.25) is 3.79 Å². The van der Waals surface area contributed by atoms with E-state index in [9.17, 15) is 13.2 Å². The van der Waals surface area contributed by atoms with Gasteiger partial charge in [-0.25, -0.2) is 13.2 Å². The Morgan fingerprint density at radius 3 is 2.25 bits per heavy atom. The van der Waals surface area contributed by atoms with Crippen LogP contribution >= 0.6 is 34.8 Å². The molecule has 8 heteroatoms. The van der Waals surface area contributed by atoms with Crippen molar-refractivity contribution in [2.45, 2.75) is 29.0 Å². The molecular formula is C12H13Cl3O4S. The largest absolute Gasteiger partial charge is 0.478 e. The molecule has 0 fully saturated rings. The number of hydrogen-bond acceptors (Lipinski definition) is 3. The smallest absolute Gasteiger partial charge is 0.335 e. The van der Waals surface area contributed by atoms with Crippen LogP contribution in [0.15, 0.2) is 17.0 Å². The van der Waals surface area contributed by atoms with Gasteiger partial charge in [0.25, 0.3) is 0 Å². The number of hydrogen-bond donors (Lipinski definition) is 1. The van der Waals surface area contributed by atoms with E-state index in [1.807, 2.05) is 0 Å². The van der Waals surface area contributed by atoms with Crippen molar-refractivity contribution in [2.24, 2.45) is 0 Å². The molecule has 0 heterocycles. The van der Waals surface area contributed by atoms with Crippen LogP contribution in [0.25, 0.3) is 0 Å². The van der Waals surface area contributed by atoms with E-state index in [4.69, 9.17) is 39.9 Å². The average molecular weight is 360 g/mol. The van der Waals surface area contributed by atoms with Crippen LogP contribution in [0.4, 0.5) is 0 Å². The Bertz CT molecular complexity index is 633. The van der Waals surface area contributed by atoms with Gasteiger partial charge in [0, 0.05) is 5.56 Å². The second-order valence-corrected chi connectivity index (χ2v) is 8.56. The number of alkyl halides is 3. The summed E-state index contributed by atoms with van der Waals surface area (Å²) in [7, 11) is -3.73. The summed E-state index contributed by atoms with van der Waals surface area (Å²) in [6.07, 6.45) is 0.373. The first kappa shape index (κ1) is 17.6. The number of sulfone groups is 1. The minimum absolute atomic E-state index is 0.0292. The molecule has 0 unspecified atom stereocenters. The van der Waals surface area contributed by atoms with Gasteiger partial charge in [-0.2, -0.15) is 0 Å². The van der Waals surface area contributed by atoms with Crippen molar-refractivity contribution >= 4 is 50.6 Å². The van der Waals surface area contributed by atoms with Crippen LogP contribution in [0.1, 0.15) is 34.8 Å². The zero-order valence-electron chi connectivity index (χ0n) is 10.8. The Kier molecular flexibility index (Phi) is 5.35. The molecule has 1 N–H and O–H groups in total. The quantitative estimate of drug-likeness (QED) is 0.832. The summed E-state index contributed by atoms with van der Waals surface area (Å²) in [5.74, 6) is -1.38. The van der Waals surface area contributed by atoms with Crippen LogP contribution in [0.2, 0.25) is 0 Å². The van der Waals surface area contributed by atoms with E-state index in [0.29, 0.717) is 6.42 Å².